The average molecular weight is 362 g/mol. The molecule has 146 valence electrons. The van der Waals surface area contributed by atoms with Gasteiger partial charge >= 0.3 is 0 Å². The van der Waals surface area contributed by atoms with Crippen molar-refractivity contribution in [2.45, 2.75) is 82.7 Å². The number of hydrogen-bond acceptors (Lipinski definition) is 4. The van der Waals surface area contributed by atoms with Crippen molar-refractivity contribution in [3.05, 3.63) is 35.9 Å². The van der Waals surface area contributed by atoms with E-state index in [-0.39, 0.29) is 18.9 Å². The van der Waals surface area contributed by atoms with Gasteiger partial charge in [-0.15, -0.1) is 0 Å². The van der Waals surface area contributed by atoms with Crippen LogP contribution in [0.15, 0.2) is 30.3 Å². The quantitative estimate of drug-likeness (QED) is 0.750. The molecule has 2 fully saturated rings. The number of aliphatic hydroxyl groups is 1. The number of likely N-dealkylation sites (tertiary alicyclic amines) is 1. The lowest BCUT2D eigenvalue weighted by molar-refractivity contribution is -0.184. The second-order valence-electron chi connectivity index (χ2n) is 7.69. The van der Waals surface area contributed by atoms with Crippen LogP contribution < -0.4 is 0 Å². The fraction of sp³-hybridized carbons (Fsp3) is 0.727. The lowest BCUT2D eigenvalue weighted by Crippen LogP contribution is -2.49. The summed E-state index contributed by atoms with van der Waals surface area (Å²) in [4.78, 5) is 2.63. The molecule has 0 amide bonds. The number of hydrogen-bond donors (Lipinski definition) is 1. The molecule has 4 nitrogen and oxygen atoms in total. The molecule has 0 unspecified atom stereocenters. The predicted octanol–water partition coefficient (Wildman–Crippen LogP) is 4.29. The molecular formula is C22H35NO3. The third-order valence-electron chi connectivity index (χ3n) is 5.89. The van der Waals surface area contributed by atoms with Gasteiger partial charge in [-0.1, -0.05) is 50.1 Å². The van der Waals surface area contributed by atoms with Gasteiger partial charge in [0.05, 0.1) is 25.9 Å². The highest BCUT2D eigenvalue weighted by atomic mass is 16.7. The number of piperidine rings is 1. The van der Waals surface area contributed by atoms with Crippen LogP contribution in [0.4, 0.5) is 0 Å². The average Bonchev–Trinajstić information content (AvgIpc) is 2.70. The van der Waals surface area contributed by atoms with Crippen molar-refractivity contribution < 1.29 is 14.6 Å². The SMILES string of the molecule is CCC[C@@H]1CCC[C@H](CCC2OCCCO2)N1[C@@H](CO)c1ccccc1. The van der Waals surface area contributed by atoms with E-state index in [9.17, 15) is 5.11 Å². The molecule has 0 radical (unpaired) electrons. The first-order chi connectivity index (χ1) is 12.8. The summed E-state index contributed by atoms with van der Waals surface area (Å²) in [6, 6.07) is 11.7. The number of rotatable bonds is 8. The molecule has 0 bridgehead atoms. The van der Waals surface area contributed by atoms with Crippen molar-refractivity contribution in [1.29, 1.82) is 0 Å². The Balaban J connectivity index is 1.73. The van der Waals surface area contributed by atoms with Crippen molar-refractivity contribution >= 4 is 0 Å². The molecule has 3 rings (SSSR count). The summed E-state index contributed by atoms with van der Waals surface area (Å²) in [5.41, 5.74) is 1.23. The van der Waals surface area contributed by atoms with Crippen molar-refractivity contribution in [3.63, 3.8) is 0 Å². The fourth-order valence-corrected chi connectivity index (χ4v) is 4.69. The third kappa shape index (κ3) is 5.07. The fourth-order valence-electron chi connectivity index (χ4n) is 4.69. The second kappa shape index (κ2) is 10.4. The van der Waals surface area contributed by atoms with E-state index >= 15 is 0 Å². The number of nitrogens with zero attached hydrogens (tertiary/aromatic N) is 1. The van der Waals surface area contributed by atoms with Crippen LogP contribution in [0.3, 0.4) is 0 Å². The second-order valence-corrected chi connectivity index (χ2v) is 7.69. The van der Waals surface area contributed by atoms with E-state index < -0.39 is 0 Å². The summed E-state index contributed by atoms with van der Waals surface area (Å²) in [7, 11) is 0. The topological polar surface area (TPSA) is 41.9 Å². The van der Waals surface area contributed by atoms with E-state index in [4.69, 9.17) is 9.47 Å². The van der Waals surface area contributed by atoms with E-state index in [1.165, 1.54) is 37.7 Å². The van der Waals surface area contributed by atoms with Crippen LogP contribution in [-0.4, -0.2) is 48.2 Å². The van der Waals surface area contributed by atoms with E-state index in [0.717, 1.165) is 32.5 Å². The molecule has 2 aliphatic heterocycles. The zero-order chi connectivity index (χ0) is 18.2. The lowest BCUT2D eigenvalue weighted by atomic mass is 9.87. The zero-order valence-corrected chi connectivity index (χ0v) is 16.2. The normalized spacial score (nSPS) is 26.7. The Hall–Kier alpha value is -0.940. The van der Waals surface area contributed by atoms with Crippen LogP contribution in [0.5, 0.6) is 0 Å². The molecule has 2 aliphatic rings. The monoisotopic (exact) mass is 361 g/mol. The van der Waals surface area contributed by atoms with Crippen molar-refractivity contribution in [1.82, 2.24) is 4.90 Å². The molecule has 0 aliphatic carbocycles. The summed E-state index contributed by atoms with van der Waals surface area (Å²) < 4.78 is 11.5. The highest BCUT2D eigenvalue weighted by Crippen LogP contribution is 2.36. The van der Waals surface area contributed by atoms with Gasteiger partial charge in [0, 0.05) is 12.1 Å². The molecule has 4 heteroatoms. The van der Waals surface area contributed by atoms with Gasteiger partial charge in [-0.05, 0) is 44.1 Å². The van der Waals surface area contributed by atoms with Crippen molar-refractivity contribution in [2.24, 2.45) is 0 Å². The minimum atomic E-state index is -0.0403. The molecule has 0 saturated carbocycles. The van der Waals surface area contributed by atoms with Crippen LogP contribution in [0.25, 0.3) is 0 Å². The number of ether oxygens (including phenoxy) is 2. The van der Waals surface area contributed by atoms with Gasteiger partial charge in [0.2, 0.25) is 0 Å². The molecule has 0 aromatic heterocycles. The molecule has 1 aromatic carbocycles. The van der Waals surface area contributed by atoms with E-state index in [1.54, 1.807) is 0 Å². The van der Waals surface area contributed by atoms with Crippen LogP contribution in [0.2, 0.25) is 0 Å². The molecule has 3 atom stereocenters. The lowest BCUT2D eigenvalue weighted by Gasteiger charge is -2.47. The third-order valence-corrected chi connectivity index (χ3v) is 5.89. The van der Waals surface area contributed by atoms with E-state index in [0.29, 0.717) is 12.1 Å². The summed E-state index contributed by atoms with van der Waals surface area (Å²) in [6.07, 6.45) is 9.12. The Morgan fingerprint density at radius 1 is 1.00 bits per heavy atom. The minimum absolute atomic E-state index is 0.0403. The molecule has 26 heavy (non-hydrogen) atoms. The Morgan fingerprint density at radius 3 is 2.35 bits per heavy atom. The van der Waals surface area contributed by atoms with Crippen LogP contribution in [-0.2, 0) is 9.47 Å². The first-order valence-corrected chi connectivity index (χ1v) is 10.5. The zero-order valence-electron chi connectivity index (χ0n) is 16.2. The van der Waals surface area contributed by atoms with E-state index in [2.05, 4.69) is 36.1 Å². The summed E-state index contributed by atoms with van der Waals surface area (Å²) in [6.45, 7) is 4.08. The number of aliphatic hydroxyl groups excluding tert-OH is 1. The van der Waals surface area contributed by atoms with Gasteiger partial charge in [0.15, 0.2) is 6.29 Å². The maximum atomic E-state index is 10.3. The molecule has 1 N–H and O–H groups in total. The van der Waals surface area contributed by atoms with Gasteiger partial charge in [-0.25, -0.2) is 0 Å². The summed E-state index contributed by atoms with van der Waals surface area (Å²) in [5.74, 6) is 0. The molecule has 2 saturated heterocycles. The Bertz CT molecular complexity index is 501. The van der Waals surface area contributed by atoms with Crippen molar-refractivity contribution in [3.8, 4) is 0 Å². The predicted molar refractivity (Wildman–Crippen MR) is 104 cm³/mol. The van der Waals surface area contributed by atoms with Gasteiger partial charge in [0.1, 0.15) is 0 Å². The molecular weight excluding hydrogens is 326 g/mol. The number of benzene rings is 1. The first kappa shape index (κ1) is 19.8. The van der Waals surface area contributed by atoms with Gasteiger partial charge in [-0.3, -0.25) is 4.90 Å². The van der Waals surface area contributed by atoms with Crippen molar-refractivity contribution in [2.75, 3.05) is 19.8 Å². The van der Waals surface area contributed by atoms with Gasteiger partial charge < -0.3 is 14.6 Å². The highest BCUT2D eigenvalue weighted by molar-refractivity contribution is 5.20. The van der Waals surface area contributed by atoms with E-state index in [1.807, 2.05) is 6.07 Å². The Labute approximate surface area is 158 Å². The standard InChI is InChI=1S/C22H35NO3/c1-2-8-19-11-6-12-20(13-14-22-25-15-7-16-26-22)23(19)21(17-24)18-9-4-3-5-10-18/h3-5,9-10,19-22,24H,2,6-8,11-17H2,1H3/t19-,20-,21+/m1/s1. The largest absolute Gasteiger partial charge is 0.394 e. The molecule has 0 spiro atoms. The van der Waals surface area contributed by atoms with Crippen LogP contribution in [0, 0.1) is 0 Å². The summed E-state index contributed by atoms with van der Waals surface area (Å²) >= 11 is 0. The first-order valence-electron chi connectivity index (χ1n) is 10.5. The maximum absolute atomic E-state index is 10.3. The highest BCUT2D eigenvalue weighted by Gasteiger charge is 2.35. The molecule has 2 heterocycles. The molecule has 1 aromatic rings. The van der Waals surface area contributed by atoms with Crippen LogP contribution >= 0.6 is 0 Å². The minimum Gasteiger partial charge on any atom is -0.394 e. The maximum Gasteiger partial charge on any atom is 0.157 e. The van der Waals surface area contributed by atoms with Gasteiger partial charge in [0.25, 0.3) is 0 Å². The Kier molecular flexibility index (Phi) is 7.93. The van der Waals surface area contributed by atoms with Gasteiger partial charge in [-0.2, -0.15) is 0 Å². The Morgan fingerprint density at radius 2 is 1.69 bits per heavy atom. The smallest absolute Gasteiger partial charge is 0.157 e. The summed E-state index contributed by atoms with van der Waals surface area (Å²) in [5, 5.41) is 10.3. The van der Waals surface area contributed by atoms with Crippen LogP contribution in [0.1, 0.15) is 69.9 Å².